The van der Waals surface area contributed by atoms with Crippen LogP contribution in [0.4, 0.5) is 15.3 Å². The molecule has 0 aliphatic heterocycles. The standard InChI is InChI=1S/C30H51N6O10P/c1-8-44-47(43,45-9-2)18-23(35-29(42)46-30(5,6)7)26(39)36-24(19(3)4)27(40)34-22(11-10-16-32-28(31)41)25(38)33-21-14-12-20(17-37)13-15-21/h12-15,19,22-24,37H,8-11,16-18H2,1-7H3,(H,33,38)(H,34,40)(H,35,42)(H,36,39)(H3,31,32,41)/t22-,23-,24-/m0/s1. The second-order valence-corrected chi connectivity index (χ2v) is 14.0. The van der Waals surface area contributed by atoms with Crippen molar-refractivity contribution in [3.63, 3.8) is 0 Å². The monoisotopic (exact) mass is 686 g/mol. The van der Waals surface area contributed by atoms with Crippen LogP contribution in [-0.2, 0) is 39.3 Å². The fourth-order valence-corrected chi connectivity index (χ4v) is 5.94. The second-order valence-electron chi connectivity index (χ2n) is 11.9. The van der Waals surface area contributed by atoms with Gasteiger partial charge in [-0.1, -0.05) is 26.0 Å². The number of nitrogens with one attached hydrogen (secondary N) is 5. The molecular weight excluding hydrogens is 635 g/mol. The number of benzene rings is 1. The topological polar surface area (TPSA) is 237 Å². The van der Waals surface area contributed by atoms with Gasteiger partial charge >= 0.3 is 19.7 Å². The minimum atomic E-state index is -3.86. The molecule has 6 amide bonds. The van der Waals surface area contributed by atoms with Gasteiger partial charge in [-0.15, -0.1) is 0 Å². The van der Waals surface area contributed by atoms with Crippen LogP contribution in [0, 0.1) is 5.92 Å². The number of hydrogen-bond acceptors (Lipinski definition) is 10. The third-order valence-corrected chi connectivity index (χ3v) is 8.43. The summed E-state index contributed by atoms with van der Waals surface area (Å²) in [6, 6.07) is 1.92. The van der Waals surface area contributed by atoms with Crippen molar-refractivity contribution in [2.75, 3.05) is 31.2 Å². The molecule has 16 nitrogen and oxygen atoms in total. The van der Waals surface area contributed by atoms with E-state index in [0.717, 1.165) is 0 Å². The first-order valence-electron chi connectivity index (χ1n) is 15.5. The summed E-state index contributed by atoms with van der Waals surface area (Å²) in [6.45, 7) is 11.4. The van der Waals surface area contributed by atoms with Gasteiger partial charge in [-0.25, -0.2) is 9.59 Å². The predicted molar refractivity (Wildman–Crippen MR) is 175 cm³/mol. The molecule has 0 aliphatic rings. The number of urea groups is 1. The summed E-state index contributed by atoms with van der Waals surface area (Å²) in [5.74, 6) is -2.64. The van der Waals surface area contributed by atoms with Gasteiger partial charge in [0.15, 0.2) is 0 Å². The van der Waals surface area contributed by atoms with Gasteiger partial charge in [0.05, 0.1) is 26.0 Å². The maximum Gasteiger partial charge on any atom is 0.408 e. The SMILES string of the molecule is CCOP(=O)(C[C@H](NC(=O)OC(C)(C)C)C(=O)N[C@H](C(=O)N[C@@H](CCCNC(N)=O)C(=O)Nc1ccc(CO)cc1)C(C)C)OCC. The number of ether oxygens (including phenoxy) is 1. The Labute approximate surface area is 276 Å². The fraction of sp³-hybridized carbons (Fsp3) is 0.633. The van der Waals surface area contributed by atoms with Crippen LogP contribution in [0.5, 0.6) is 0 Å². The number of amides is 6. The molecule has 0 saturated carbocycles. The van der Waals surface area contributed by atoms with E-state index in [1.165, 1.54) is 0 Å². The summed E-state index contributed by atoms with van der Waals surface area (Å²) in [7, 11) is -3.86. The Morgan fingerprint density at radius 2 is 1.49 bits per heavy atom. The molecule has 0 unspecified atom stereocenters. The normalized spacial score (nSPS) is 13.6. The minimum absolute atomic E-state index is 0.0130. The second kappa shape index (κ2) is 19.8. The van der Waals surface area contributed by atoms with Crippen molar-refractivity contribution in [3.05, 3.63) is 29.8 Å². The van der Waals surface area contributed by atoms with E-state index >= 15 is 0 Å². The smallest absolute Gasteiger partial charge is 0.408 e. The Kier molecular flexibility index (Phi) is 17.4. The third kappa shape index (κ3) is 16.1. The Morgan fingerprint density at radius 3 is 1.98 bits per heavy atom. The first-order valence-corrected chi connectivity index (χ1v) is 17.2. The number of aliphatic hydroxyl groups is 1. The lowest BCUT2D eigenvalue weighted by atomic mass is 10.0. The lowest BCUT2D eigenvalue weighted by Crippen LogP contribution is -2.58. The zero-order valence-corrected chi connectivity index (χ0v) is 29.1. The van der Waals surface area contributed by atoms with Crippen molar-refractivity contribution in [2.45, 2.75) is 91.6 Å². The molecular formula is C30H51N6O10P. The highest BCUT2D eigenvalue weighted by atomic mass is 31.2. The van der Waals surface area contributed by atoms with Crippen molar-refractivity contribution in [2.24, 2.45) is 11.7 Å². The summed E-state index contributed by atoms with van der Waals surface area (Å²) >= 11 is 0. The zero-order valence-electron chi connectivity index (χ0n) is 28.2. The molecule has 0 aliphatic carbocycles. The van der Waals surface area contributed by atoms with Crippen LogP contribution in [-0.4, -0.2) is 84.6 Å². The Bertz CT molecular complexity index is 1230. The third-order valence-electron chi connectivity index (χ3n) is 6.32. The van der Waals surface area contributed by atoms with E-state index in [1.54, 1.807) is 72.7 Å². The highest BCUT2D eigenvalue weighted by molar-refractivity contribution is 7.54. The minimum Gasteiger partial charge on any atom is -0.444 e. The van der Waals surface area contributed by atoms with Gasteiger partial charge < -0.3 is 51.2 Å². The van der Waals surface area contributed by atoms with Gasteiger partial charge in [0.25, 0.3) is 0 Å². The van der Waals surface area contributed by atoms with Crippen molar-refractivity contribution in [1.82, 2.24) is 21.3 Å². The van der Waals surface area contributed by atoms with E-state index in [2.05, 4.69) is 26.6 Å². The Balaban J connectivity index is 3.25. The van der Waals surface area contributed by atoms with Gasteiger partial charge in [-0.3, -0.25) is 18.9 Å². The van der Waals surface area contributed by atoms with Crippen LogP contribution < -0.4 is 32.3 Å². The lowest BCUT2D eigenvalue weighted by molar-refractivity contribution is -0.132. The van der Waals surface area contributed by atoms with Crippen LogP contribution in [0.1, 0.15) is 66.9 Å². The molecule has 0 aromatic heterocycles. The maximum atomic E-state index is 13.6. The highest BCUT2D eigenvalue weighted by Crippen LogP contribution is 2.48. The van der Waals surface area contributed by atoms with Crippen molar-refractivity contribution < 1.29 is 47.4 Å². The number of carbonyl (C=O) groups excluding carboxylic acids is 5. The molecule has 3 atom stereocenters. The van der Waals surface area contributed by atoms with Crippen LogP contribution >= 0.6 is 7.60 Å². The lowest BCUT2D eigenvalue weighted by Gasteiger charge is -2.29. The van der Waals surface area contributed by atoms with E-state index < -0.39 is 73.2 Å². The summed E-state index contributed by atoms with van der Waals surface area (Å²) in [4.78, 5) is 64.2. The quantitative estimate of drug-likeness (QED) is 0.0828. The van der Waals surface area contributed by atoms with E-state index in [-0.39, 0.29) is 39.2 Å². The summed E-state index contributed by atoms with van der Waals surface area (Å²) < 4.78 is 29.3. The predicted octanol–water partition coefficient (Wildman–Crippen LogP) is 2.35. The Hall–Kier alpha value is -3.72. The number of carbonyl (C=O) groups is 5. The largest absolute Gasteiger partial charge is 0.444 e. The molecule has 1 aromatic carbocycles. The molecule has 0 radical (unpaired) electrons. The van der Waals surface area contributed by atoms with Crippen LogP contribution in [0.3, 0.4) is 0 Å². The molecule has 8 N–H and O–H groups in total. The summed E-state index contributed by atoms with van der Waals surface area (Å²) in [5, 5.41) is 22.1. The van der Waals surface area contributed by atoms with E-state index in [0.29, 0.717) is 11.3 Å². The Morgan fingerprint density at radius 1 is 0.894 bits per heavy atom. The highest BCUT2D eigenvalue weighted by Gasteiger charge is 2.37. The van der Waals surface area contributed by atoms with Gasteiger partial charge in [-0.2, -0.15) is 0 Å². The molecule has 0 spiro atoms. The number of alkyl carbamates (subject to hydrolysis) is 1. The van der Waals surface area contributed by atoms with Gasteiger partial charge in [-0.05, 0) is 71.1 Å². The number of primary amides is 1. The average molecular weight is 687 g/mol. The van der Waals surface area contributed by atoms with Gasteiger partial charge in [0, 0.05) is 12.2 Å². The fourth-order valence-electron chi connectivity index (χ4n) is 4.16. The van der Waals surface area contributed by atoms with E-state index in [9.17, 15) is 33.6 Å². The number of hydrogen-bond donors (Lipinski definition) is 7. The number of rotatable bonds is 19. The molecule has 0 fully saturated rings. The van der Waals surface area contributed by atoms with Gasteiger partial charge in [0.2, 0.25) is 17.7 Å². The molecule has 0 bridgehead atoms. The zero-order chi connectivity index (χ0) is 35.8. The van der Waals surface area contributed by atoms with Crippen molar-refractivity contribution in [3.8, 4) is 0 Å². The molecule has 1 aromatic rings. The number of nitrogens with two attached hydrogens (primary N) is 1. The molecule has 266 valence electrons. The van der Waals surface area contributed by atoms with Crippen LogP contribution in [0.2, 0.25) is 0 Å². The molecule has 17 heteroatoms. The first-order chi connectivity index (χ1) is 21.9. The van der Waals surface area contributed by atoms with Crippen LogP contribution in [0.15, 0.2) is 24.3 Å². The van der Waals surface area contributed by atoms with E-state index in [4.69, 9.17) is 19.5 Å². The maximum absolute atomic E-state index is 13.6. The molecule has 0 saturated heterocycles. The van der Waals surface area contributed by atoms with Gasteiger partial charge in [0.1, 0.15) is 23.7 Å². The van der Waals surface area contributed by atoms with E-state index in [1.807, 2.05) is 0 Å². The van der Waals surface area contributed by atoms with Crippen LogP contribution in [0.25, 0.3) is 0 Å². The van der Waals surface area contributed by atoms with Crippen molar-refractivity contribution in [1.29, 1.82) is 0 Å². The molecule has 0 heterocycles. The molecule has 47 heavy (non-hydrogen) atoms. The summed E-state index contributed by atoms with van der Waals surface area (Å²) in [5.41, 5.74) is 5.28. The molecule has 1 rings (SSSR count). The number of anilines is 1. The average Bonchev–Trinajstić information content (AvgIpc) is 2.96. The first kappa shape index (κ1) is 41.3. The number of aliphatic hydroxyl groups excluding tert-OH is 1. The summed E-state index contributed by atoms with van der Waals surface area (Å²) in [6.07, 6.45) is -1.13. The van der Waals surface area contributed by atoms with Crippen molar-refractivity contribution >= 4 is 43.1 Å².